The number of carbonyl (C=O) groups excluding carboxylic acids is 2. The molecule has 0 spiro atoms. The van der Waals surface area contributed by atoms with E-state index in [0.29, 0.717) is 11.8 Å². The fourth-order valence-corrected chi connectivity index (χ4v) is 4.23. The molecule has 14 heavy (non-hydrogen) atoms. The Morgan fingerprint density at radius 2 is 1.79 bits per heavy atom. The zero-order valence-electron chi connectivity index (χ0n) is 8.58. The second-order valence-electron chi connectivity index (χ2n) is 5.55. The number of carbonyl (C=O) groups is 2. The summed E-state index contributed by atoms with van der Waals surface area (Å²) < 4.78 is 0. The van der Waals surface area contributed by atoms with Gasteiger partial charge in [-0.05, 0) is 50.9 Å². The average molecular weight is 192 g/mol. The maximum Gasteiger partial charge on any atom is 0.149 e. The van der Waals surface area contributed by atoms with E-state index in [2.05, 4.69) is 0 Å². The van der Waals surface area contributed by atoms with Gasteiger partial charge in [-0.1, -0.05) is 0 Å². The molecule has 0 N–H and O–H groups in total. The highest BCUT2D eigenvalue weighted by Gasteiger charge is 2.58. The van der Waals surface area contributed by atoms with Crippen LogP contribution < -0.4 is 0 Å². The van der Waals surface area contributed by atoms with E-state index in [1.807, 2.05) is 0 Å². The van der Waals surface area contributed by atoms with Crippen LogP contribution >= 0.6 is 0 Å². The summed E-state index contributed by atoms with van der Waals surface area (Å²) in [5.41, 5.74) is -0.519. The van der Waals surface area contributed by atoms with Crippen molar-refractivity contribution in [3.63, 3.8) is 0 Å². The van der Waals surface area contributed by atoms with Gasteiger partial charge in [0.1, 0.15) is 11.6 Å². The molecule has 4 aliphatic carbocycles. The smallest absolute Gasteiger partial charge is 0.149 e. The molecular weight excluding hydrogens is 176 g/mol. The quantitative estimate of drug-likeness (QED) is 0.595. The summed E-state index contributed by atoms with van der Waals surface area (Å²) in [5.74, 6) is 2.02. The third-order valence-electron chi connectivity index (χ3n) is 4.69. The van der Waals surface area contributed by atoms with Gasteiger partial charge in [0.15, 0.2) is 0 Å². The summed E-state index contributed by atoms with van der Waals surface area (Å²) in [6.45, 7) is 1.62. The molecule has 2 heteroatoms. The Morgan fingerprint density at radius 1 is 1.21 bits per heavy atom. The lowest BCUT2D eigenvalue weighted by Gasteiger charge is -2.54. The normalized spacial score (nSPS) is 49.8. The predicted molar refractivity (Wildman–Crippen MR) is 51.7 cm³/mol. The summed E-state index contributed by atoms with van der Waals surface area (Å²) in [7, 11) is 0. The number of hydrogen-bond donors (Lipinski definition) is 0. The van der Waals surface area contributed by atoms with E-state index >= 15 is 0 Å². The van der Waals surface area contributed by atoms with Crippen LogP contribution in [0.3, 0.4) is 0 Å². The molecule has 0 aromatic heterocycles. The number of Topliss-reactive ketones (excluding diaryl/α,β-unsaturated/α-hetero) is 2. The highest BCUT2D eigenvalue weighted by Crippen LogP contribution is 2.58. The van der Waals surface area contributed by atoms with Crippen molar-refractivity contribution < 1.29 is 9.59 Å². The number of ketones is 2. The van der Waals surface area contributed by atoms with Crippen molar-refractivity contribution in [2.45, 2.75) is 39.0 Å². The molecule has 2 atom stereocenters. The first-order valence-electron chi connectivity index (χ1n) is 5.67. The lowest BCUT2D eigenvalue weighted by Crippen LogP contribution is -2.56. The highest BCUT2D eigenvalue weighted by atomic mass is 16.2. The van der Waals surface area contributed by atoms with Crippen LogP contribution in [0.2, 0.25) is 0 Å². The van der Waals surface area contributed by atoms with E-state index in [1.54, 1.807) is 6.92 Å². The Bertz CT molecular complexity index is 304. The Hall–Kier alpha value is -0.660. The predicted octanol–water partition coefficient (Wildman–Crippen LogP) is 1.97. The van der Waals surface area contributed by atoms with Crippen LogP contribution in [-0.2, 0) is 9.59 Å². The van der Waals surface area contributed by atoms with E-state index in [-0.39, 0.29) is 17.5 Å². The summed E-state index contributed by atoms with van der Waals surface area (Å²) in [6.07, 6.45) is 5.16. The van der Waals surface area contributed by atoms with Gasteiger partial charge < -0.3 is 0 Å². The molecule has 4 fully saturated rings. The highest BCUT2D eigenvalue weighted by molar-refractivity contribution is 6.08. The van der Waals surface area contributed by atoms with E-state index in [4.69, 9.17) is 0 Å². The van der Waals surface area contributed by atoms with Crippen LogP contribution in [0.1, 0.15) is 39.0 Å². The second kappa shape index (κ2) is 2.47. The van der Waals surface area contributed by atoms with Gasteiger partial charge in [0.05, 0.1) is 5.41 Å². The van der Waals surface area contributed by atoms with Crippen molar-refractivity contribution in [3.8, 4) is 0 Å². The maximum atomic E-state index is 12.1. The second-order valence-corrected chi connectivity index (χ2v) is 5.55. The molecular formula is C12H16O2. The zero-order valence-corrected chi connectivity index (χ0v) is 8.58. The molecule has 4 saturated carbocycles. The van der Waals surface area contributed by atoms with Gasteiger partial charge in [-0.25, -0.2) is 0 Å². The van der Waals surface area contributed by atoms with Crippen LogP contribution in [0.5, 0.6) is 0 Å². The standard InChI is InChI=1S/C12H16O2/c1-7(13)12-5-8-2-9(6-12)4-10(3-8)11(12)14/h8-10H,2-6H2,1H3. The first-order valence-corrected chi connectivity index (χ1v) is 5.67. The minimum atomic E-state index is -0.519. The lowest BCUT2D eigenvalue weighted by molar-refractivity contribution is -0.160. The maximum absolute atomic E-state index is 12.1. The molecule has 0 radical (unpaired) electrons. The SMILES string of the molecule is CC(=O)C12CC3CC(CC(C3)C1=O)C2. The van der Waals surface area contributed by atoms with Gasteiger partial charge in [-0.2, -0.15) is 0 Å². The minimum absolute atomic E-state index is 0.140. The molecule has 0 aliphatic heterocycles. The van der Waals surface area contributed by atoms with Crippen LogP contribution in [-0.4, -0.2) is 11.6 Å². The average Bonchev–Trinajstić information content (AvgIpc) is 2.12. The number of hydrogen-bond acceptors (Lipinski definition) is 2. The van der Waals surface area contributed by atoms with Crippen molar-refractivity contribution >= 4 is 11.6 Å². The third-order valence-corrected chi connectivity index (χ3v) is 4.69. The molecule has 0 saturated heterocycles. The number of rotatable bonds is 1. The molecule has 4 bridgehead atoms. The summed E-state index contributed by atoms with van der Waals surface area (Å²) in [6, 6.07) is 0. The van der Waals surface area contributed by atoms with E-state index < -0.39 is 5.41 Å². The van der Waals surface area contributed by atoms with Crippen molar-refractivity contribution in [2.75, 3.05) is 0 Å². The Kier molecular flexibility index (Phi) is 1.52. The van der Waals surface area contributed by atoms with Gasteiger partial charge >= 0.3 is 0 Å². The van der Waals surface area contributed by atoms with Crippen molar-refractivity contribution in [1.29, 1.82) is 0 Å². The first-order chi connectivity index (χ1) is 6.62. The molecule has 0 heterocycles. The minimum Gasteiger partial charge on any atom is -0.299 e. The Morgan fingerprint density at radius 3 is 2.29 bits per heavy atom. The fourth-order valence-electron chi connectivity index (χ4n) is 4.23. The molecule has 0 aromatic rings. The van der Waals surface area contributed by atoms with Gasteiger partial charge in [0.25, 0.3) is 0 Å². The van der Waals surface area contributed by atoms with Crippen LogP contribution in [0, 0.1) is 23.2 Å². The molecule has 2 nitrogen and oxygen atoms in total. The Labute approximate surface area is 84.1 Å². The van der Waals surface area contributed by atoms with Gasteiger partial charge in [-0.15, -0.1) is 0 Å². The van der Waals surface area contributed by atoms with Crippen molar-refractivity contribution in [1.82, 2.24) is 0 Å². The summed E-state index contributed by atoms with van der Waals surface area (Å²) in [4.78, 5) is 23.8. The van der Waals surface area contributed by atoms with Gasteiger partial charge in [0.2, 0.25) is 0 Å². The monoisotopic (exact) mass is 192 g/mol. The lowest BCUT2D eigenvalue weighted by atomic mass is 9.48. The molecule has 4 rings (SSSR count). The largest absolute Gasteiger partial charge is 0.299 e. The van der Waals surface area contributed by atoms with E-state index in [9.17, 15) is 9.59 Å². The van der Waals surface area contributed by atoms with Crippen LogP contribution in [0.4, 0.5) is 0 Å². The Balaban J connectivity index is 2.05. The molecule has 76 valence electrons. The van der Waals surface area contributed by atoms with Crippen LogP contribution in [0.15, 0.2) is 0 Å². The zero-order chi connectivity index (χ0) is 9.92. The van der Waals surface area contributed by atoms with Gasteiger partial charge in [0, 0.05) is 5.92 Å². The summed E-state index contributed by atoms with van der Waals surface area (Å²) >= 11 is 0. The summed E-state index contributed by atoms with van der Waals surface area (Å²) in [5, 5.41) is 0. The van der Waals surface area contributed by atoms with Gasteiger partial charge in [-0.3, -0.25) is 9.59 Å². The van der Waals surface area contributed by atoms with Crippen LogP contribution in [0.25, 0.3) is 0 Å². The fraction of sp³-hybridized carbons (Fsp3) is 0.833. The van der Waals surface area contributed by atoms with E-state index in [1.165, 1.54) is 6.42 Å². The molecule has 4 aliphatic rings. The topological polar surface area (TPSA) is 34.1 Å². The van der Waals surface area contributed by atoms with Crippen molar-refractivity contribution in [2.24, 2.45) is 23.2 Å². The van der Waals surface area contributed by atoms with E-state index in [0.717, 1.165) is 25.7 Å². The van der Waals surface area contributed by atoms with Crippen molar-refractivity contribution in [3.05, 3.63) is 0 Å². The molecule has 2 unspecified atom stereocenters. The molecule has 0 amide bonds. The first kappa shape index (κ1) is 8.63. The molecule has 0 aromatic carbocycles. The third kappa shape index (κ3) is 0.870.